The average molecular weight is 222 g/mol. The summed E-state index contributed by atoms with van der Waals surface area (Å²) in [6.45, 7) is 3.87. The molecule has 1 heterocycles. The fourth-order valence-electron chi connectivity index (χ4n) is 1.48. The van der Waals surface area contributed by atoms with Crippen molar-refractivity contribution in [3.63, 3.8) is 0 Å². The van der Waals surface area contributed by atoms with Gasteiger partial charge in [0.1, 0.15) is 0 Å². The van der Waals surface area contributed by atoms with Crippen LogP contribution in [0, 0.1) is 0 Å². The largest absolute Gasteiger partial charge is 0.396 e. The second-order valence-electron chi connectivity index (χ2n) is 3.54. The van der Waals surface area contributed by atoms with Crippen molar-refractivity contribution in [2.24, 2.45) is 0 Å². The molecule has 0 saturated carbocycles. The smallest absolute Gasteiger partial charge is 0.218 e. The lowest BCUT2D eigenvalue weighted by atomic mass is 10.4. The molecule has 0 aliphatic carbocycles. The zero-order valence-corrected chi connectivity index (χ0v) is 9.26. The molecule has 2 N–H and O–H groups in total. The average Bonchev–Trinajstić information content (AvgIpc) is 2.26. The predicted molar refractivity (Wildman–Crippen MR) is 54.5 cm³/mol. The number of aliphatic hydroxyl groups is 1. The molecule has 6 heteroatoms. The zero-order valence-electron chi connectivity index (χ0n) is 8.44. The highest BCUT2D eigenvalue weighted by molar-refractivity contribution is 7.89. The van der Waals surface area contributed by atoms with Crippen molar-refractivity contribution in [3.8, 4) is 0 Å². The van der Waals surface area contributed by atoms with E-state index in [4.69, 9.17) is 5.11 Å². The molecular formula is C8H18N2O3S. The minimum Gasteiger partial charge on any atom is -0.396 e. The number of aliphatic hydroxyl groups excluding tert-OH is 1. The van der Waals surface area contributed by atoms with E-state index in [-0.39, 0.29) is 11.9 Å². The molecule has 1 aliphatic rings. The summed E-state index contributed by atoms with van der Waals surface area (Å²) in [4.78, 5) is 0. The van der Waals surface area contributed by atoms with Gasteiger partial charge in [-0.05, 0) is 13.3 Å². The Morgan fingerprint density at radius 1 is 1.57 bits per heavy atom. The Hall–Kier alpha value is -0.170. The predicted octanol–water partition coefficient (Wildman–Crippen LogP) is -1.01. The standard InChI is InChI=1S/C8H18N2O3S/c1-8-7-9-3-5-10(4-2-6-11)14(8,12)13/h8-9,11H,2-7H2,1H3. The third-order valence-electron chi connectivity index (χ3n) is 2.40. The van der Waals surface area contributed by atoms with E-state index in [9.17, 15) is 8.42 Å². The van der Waals surface area contributed by atoms with Gasteiger partial charge in [-0.1, -0.05) is 0 Å². The molecule has 1 atom stereocenters. The minimum absolute atomic E-state index is 0.0355. The highest BCUT2D eigenvalue weighted by Gasteiger charge is 2.29. The van der Waals surface area contributed by atoms with E-state index in [1.54, 1.807) is 6.92 Å². The van der Waals surface area contributed by atoms with Crippen molar-refractivity contribution >= 4 is 10.0 Å². The maximum Gasteiger partial charge on any atom is 0.218 e. The van der Waals surface area contributed by atoms with Gasteiger partial charge in [0.2, 0.25) is 10.0 Å². The first-order valence-corrected chi connectivity index (χ1v) is 6.40. The van der Waals surface area contributed by atoms with Crippen LogP contribution >= 0.6 is 0 Å². The number of nitrogens with zero attached hydrogens (tertiary/aromatic N) is 1. The van der Waals surface area contributed by atoms with Crippen LogP contribution < -0.4 is 5.32 Å². The third kappa shape index (κ3) is 2.66. The van der Waals surface area contributed by atoms with E-state index < -0.39 is 10.0 Å². The first-order valence-electron chi connectivity index (χ1n) is 4.89. The van der Waals surface area contributed by atoms with Gasteiger partial charge >= 0.3 is 0 Å². The Kier molecular flexibility index (Phi) is 4.31. The van der Waals surface area contributed by atoms with Crippen molar-refractivity contribution in [3.05, 3.63) is 0 Å². The summed E-state index contributed by atoms with van der Waals surface area (Å²) >= 11 is 0. The third-order valence-corrected chi connectivity index (χ3v) is 4.67. The number of rotatable bonds is 3. The molecule has 1 saturated heterocycles. The van der Waals surface area contributed by atoms with E-state index in [1.165, 1.54) is 4.31 Å². The van der Waals surface area contributed by atoms with Gasteiger partial charge in [0.15, 0.2) is 0 Å². The van der Waals surface area contributed by atoms with Crippen LogP contribution in [0.5, 0.6) is 0 Å². The summed E-state index contributed by atoms with van der Waals surface area (Å²) in [6, 6.07) is 0. The molecule has 1 fully saturated rings. The van der Waals surface area contributed by atoms with Gasteiger partial charge in [-0.2, -0.15) is 0 Å². The van der Waals surface area contributed by atoms with E-state index in [2.05, 4.69) is 5.32 Å². The molecule has 0 bridgehead atoms. The Morgan fingerprint density at radius 3 is 2.93 bits per heavy atom. The van der Waals surface area contributed by atoms with Crippen LogP contribution in [0.25, 0.3) is 0 Å². The molecule has 0 aromatic rings. The van der Waals surface area contributed by atoms with E-state index in [0.29, 0.717) is 32.6 Å². The van der Waals surface area contributed by atoms with Crippen molar-refractivity contribution < 1.29 is 13.5 Å². The number of hydrogen-bond acceptors (Lipinski definition) is 4. The van der Waals surface area contributed by atoms with E-state index in [1.807, 2.05) is 0 Å². The van der Waals surface area contributed by atoms with Gasteiger partial charge in [-0.15, -0.1) is 0 Å². The first-order chi connectivity index (χ1) is 6.59. The van der Waals surface area contributed by atoms with Gasteiger partial charge in [0.25, 0.3) is 0 Å². The molecule has 1 unspecified atom stereocenters. The monoisotopic (exact) mass is 222 g/mol. The van der Waals surface area contributed by atoms with E-state index >= 15 is 0 Å². The highest BCUT2D eigenvalue weighted by atomic mass is 32.2. The Bertz CT molecular complexity index is 266. The van der Waals surface area contributed by atoms with Crippen LogP contribution in [-0.4, -0.2) is 55.9 Å². The van der Waals surface area contributed by atoms with Crippen molar-refractivity contribution in [2.45, 2.75) is 18.6 Å². The normalized spacial score (nSPS) is 28.6. The molecule has 84 valence electrons. The van der Waals surface area contributed by atoms with Gasteiger partial charge in [-0.3, -0.25) is 0 Å². The lowest BCUT2D eigenvalue weighted by molar-refractivity contribution is 0.270. The van der Waals surface area contributed by atoms with Crippen LogP contribution in [0.15, 0.2) is 0 Å². The molecule has 1 aliphatic heterocycles. The zero-order chi connectivity index (χ0) is 10.6. The Morgan fingerprint density at radius 2 is 2.29 bits per heavy atom. The molecule has 0 aromatic heterocycles. The molecule has 5 nitrogen and oxygen atoms in total. The van der Waals surface area contributed by atoms with Crippen molar-refractivity contribution in [1.82, 2.24) is 9.62 Å². The van der Waals surface area contributed by atoms with Crippen LogP contribution in [0.1, 0.15) is 13.3 Å². The molecule has 1 rings (SSSR count). The highest BCUT2D eigenvalue weighted by Crippen LogP contribution is 2.11. The Balaban J connectivity index is 2.69. The van der Waals surface area contributed by atoms with Gasteiger partial charge in [0.05, 0.1) is 5.25 Å². The summed E-state index contributed by atoms with van der Waals surface area (Å²) in [6.07, 6.45) is 0.506. The summed E-state index contributed by atoms with van der Waals surface area (Å²) in [7, 11) is -3.15. The minimum atomic E-state index is -3.15. The lowest BCUT2D eigenvalue weighted by Crippen LogP contribution is -2.38. The van der Waals surface area contributed by atoms with E-state index in [0.717, 1.165) is 0 Å². The fraction of sp³-hybridized carbons (Fsp3) is 1.00. The summed E-state index contributed by atoms with van der Waals surface area (Å²) in [5.74, 6) is 0. The second-order valence-corrected chi connectivity index (χ2v) is 5.89. The van der Waals surface area contributed by atoms with Crippen molar-refractivity contribution in [2.75, 3.05) is 32.8 Å². The number of sulfonamides is 1. The molecule has 0 spiro atoms. The molecule has 0 amide bonds. The molecule has 0 aromatic carbocycles. The molecule has 0 radical (unpaired) electrons. The summed E-state index contributed by atoms with van der Waals surface area (Å²) in [5.41, 5.74) is 0. The van der Waals surface area contributed by atoms with Crippen LogP contribution in [0.4, 0.5) is 0 Å². The first kappa shape index (κ1) is 11.9. The van der Waals surface area contributed by atoms with Gasteiger partial charge in [-0.25, -0.2) is 12.7 Å². The number of hydrogen-bond donors (Lipinski definition) is 2. The topological polar surface area (TPSA) is 69.6 Å². The quantitative estimate of drug-likeness (QED) is 0.642. The van der Waals surface area contributed by atoms with Gasteiger partial charge < -0.3 is 10.4 Å². The SMILES string of the molecule is CC1CNCCN(CCCO)S1(=O)=O. The molecular weight excluding hydrogens is 204 g/mol. The van der Waals surface area contributed by atoms with Crippen LogP contribution in [-0.2, 0) is 10.0 Å². The van der Waals surface area contributed by atoms with Crippen LogP contribution in [0.2, 0.25) is 0 Å². The molecule has 14 heavy (non-hydrogen) atoms. The van der Waals surface area contributed by atoms with Crippen molar-refractivity contribution in [1.29, 1.82) is 0 Å². The fourth-order valence-corrected chi connectivity index (χ4v) is 3.05. The second kappa shape index (κ2) is 5.06. The summed E-state index contributed by atoms with van der Waals surface area (Å²) < 4.78 is 25.2. The number of nitrogens with one attached hydrogen (secondary N) is 1. The lowest BCUT2D eigenvalue weighted by Gasteiger charge is -2.21. The summed E-state index contributed by atoms with van der Waals surface area (Å²) in [5, 5.41) is 11.4. The maximum absolute atomic E-state index is 11.8. The van der Waals surface area contributed by atoms with Crippen LogP contribution in [0.3, 0.4) is 0 Å². The maximum atomic E-state index is 11.8. The Labute approximate surface area is 85.2 Å². The van der Waals surface area contributed by atoms with Gasteiger partial charge in [0, 0.05) is 32.8 Å².